The summed E-state index contributed by atoms with van der Waals surface area (Å²) in [6, 6.07) is 9.29. The predicted octanol–water partition coefficient (Wildman–Crippen LogP) is 1.39. The number of ketones is 1. The van der Waals surface area contributed by atoms with Crippen molar-refractivity contribution in [3.05, 3.63) is 35.9 Å². The fraction of sp³-hybridized carbons (Fsp3) is 0.400. The van der Waals surface area contributed by atoms with Gasteiger partial charge in [-0.3, -0.25) is 9.59 Å². The second-order valence-corrected chi connectivity index (χ2v) is 4.78. The average Bonchev–Trinajstić information content (AvgIpc) is 2.53. The molecule has 1 fully saturated rings. The highest BCUT2D eigenvalue weighted by molar-refractivity contribution is 6.00. The van der Waals surface area contributed by atoms with Gasteiger partial charge in [0, 0.05) is 19.5 Å². The molecule has 0 aromatic heterocycles. The number of piperidine rings is 1. The lowest BCUT2D eigenvalue weighted by atomic mass is 9.97. The number of esters is 1. The van der Waals surface area contributed by atoms with E-state index in [4.69, 9.17) is 4.74 Å². The average molecular weight is 291 g/mol. The molecule has 6 nitrogen and oxygen atoms in total. The third kappa shape index (κ3) is 3.81. The van der Waals surface area contributed by atoms with E-state index in [-0.39, 0.29) is 31.9 Å². The number of nitrogens with zero attached hydrogens (tertiary/aromatic N) is 1. The van der Waals surface area contributed by atoms with Gasteiger partial charge in [0.25, 0.3) is 0 Å². The molecule has 0 N–H and O–H groups in total. The Hall–Kier alpha value is -2.37. The van der Waals surface area contributed by atoms with Crippen LogP contribution < -0.4 is 0 Å². The number of hydrogen-bond acceptors (Lipinski definition) is 5. The molecular formula is C15H17NO5. The number of carbonyl (C=O) groups is 3. The summed E-state index contributed by atoms with van der Waals surface area (Å²) in [4.78, 5) is 36.5. The van der Waals surface area contributed by atoms with E-state index in [0.29, 0.717) is 0 Å². The maximum Gasteiger partial charge on any atom is 0.410 e. The van der Waals surface area contributed by atoms with Gasteiger partial charge in [-0.15, -0.1) is 0 Å². The SMILES string of the molecule is COC(=O)[C@H]1CN(C(=O)OCc2ccccc2)CCC1=O. The van der Waals surface area contributed by atoms with Gasteiger partial charge in [0.05, 0.1) is 7.11 Å². The lowest BCUT2D eigenvalue weighted by Crippen LogP contribution is -2.47. The lowest BCUT2D eigenvalue weighted by Gasteiger charge is -2.29. The summed E-state index contributed by atoms with van der Waals surface area (Å²) in [6.45, 7) is 0.437. The van der Waals surface area contributed by atoms with Crippen LogP contribution in [0.2, 0.25) is 0 Å². The molecule has 2 rings (SSSR count). The lowest BCUT2D eigenvalue weighted by molar-refractivity contribution is -0.151. The molecule has 1 aliphatic rings. The van der Waals surface area contributed by atoms with E-state index in [1.54, 1.807) is 0 Å². The van der Waals surface area contributed by atoms with Crippen molar-refractivity contribution in [3.8, 4) is 0 Å². The Kier molecular flexibility index (Phi) is 4.92. The van der Waals surface area contributed by atoms with Crippen molar-refractivity contribution in [3.63, 3.8) is 0 Å². The monoisotopic (exact) mass is 291 g/mol. The molecule has 21 heavy (non-hydrogen) atoms. The van der Waals surface area contributed by atoms with Crippen LogP contribution in [0, 0.1) is 5.92 Å². The first kappa shape index (κ1) is 15.0. The van der Waals surface area contributed by atoms with Crippen LogP contribution in [0.15, 0.2) is 30.3 Å². The molecule has 0 spiro atoms. The summed E-state index contributed by atoms with van der Waals surface area (Å²) >= 11 is 0. The molecule has 1 aliphatic heterocycles. The Balaban J connectivity index is 1.90. The second-order valence-electron chi connectivity index (χ2n) is 4.78. The maximum atomic E-state index is 12.0. The van der Waals surface area contributed by atoms with Gasteiger partial charge in [0.1, 0.15) is 12.5 Å². The van der Waals surface area contributed by atoms with Crippen LogP contribution in [0.4, 0.5) is 4.79 Å². The first-order valence-electron chi connectivity index (χ1n) is 6.68. The molecule has 0 bridgehead atoms. The Morgan fingerprint density at radius 1 is 1.29 bits per heavy atom. The van der Waals surface area contributed by atoms with Crippen LogP contribution in [0.1, 0.15) is 12.0 Å². The molecule has 0 saturated carbocycles. The smallest absolute Gasteiger partial charge is 0.410 e. The van der Waals surface area contributed by atoms with Gasteiger partial charge in [-0.25, -0.2) is 4.79 Å². The molecule has 0 radical (unpaired) electrons. The van der Waals surface area contributed by atoms with E-state index >= 15 is 0 Å². The minimum absolute atomic E-state index is 0.0130. The van der Waals surface area contributed by atoms with Crippen LogP contribution in [0.25, 0.3) is 0 Å². The molecule has 0 aliphatic carbocycles. The number of carbonyl (C=O) groups excluding carboxylic acids is 3. The van der Waals surface area contributed by atoms with E-state index in [9.17, 15) is 14.4 Å². The van der Waals surface area contributed by atoms with E-state index in [1.807, 2.05) is 30.3 Å². The summed E-state index contributed by atoms with van der Waals surface area (Å²) in [5.74, 6) is -1.72. The van der Waals surface area contributed by atoms with Gasteiger partial charge in [0.2, 0.25) is 0 Å². The molecule has 1 amide bonds. The van der Waals surface area contributed by atoms with Crippen LogP contribution >= 0.6 is 0 Å². The van der Waals surface area contributed by atoms with E-state index in [1.165, 1.54) is 12.0 Å². The number of amides is 1. The highest BCUT2D eigenvalue weighted by Crippen LogP contribution is 2.16. The zero-order valence-electron chi connectivity index (χ0n) is 11.8. The maximum absolute atomic E-state index is 12.0. The number of ether oxygens (including phenoxy) is 2. The van der Waals surface area contributed by atoms with Crippen LogP contribution in [0.3, 0.4) is 0 Å². The van der Waals surface area contributed by atoms with E-state index in [2.05, 4.69) is 4.74 Å². The van der Waals surface area contributed by atoms with Gasteiger partial charge < -0.3 is 14.4 Å². The molecule has 1 saturated heterocycles. The van der Waals surface area contributed by atoms with Gasteiger partial charge in [0.15, 0.2) is 5.78 Å². The van der Waals surface area contributed by atoms with Crippen molar-refractivity contribution in [2.45, 2.75) is 13.0 Å². The number of likely N-dealkylation sites (tertiary alicyclic amines) is 1. The predicted molar refractivity (Wildman–Crippen MR) is 73.3 cm³/mol. The standard InChI is InChI=1S/C15H17NO5/c1-20-14(18)12-9-16(8-7-13(12)17)15(19)21-10-11-5-3-2-4-6-11/h2-6,12H,7-10H2,1H3/t12-/m0/s1. The molecule has 1 aromatic carbocycles. The number of benzene rings is 1. The van der Waals surface area contributed by atoms with Crippen molar-refractivity contribution >= 4 is 17.8 Å². The summed E-state index contributed by atoms with van der Waals surface area (Å²) in [5, 5.41) is 0. The second kappa shape index (κ2) is 6.88. The summed E-state index contributed by atoms with van der Waals surface area (Å²) in [7, 11) is 1.22. The molecule has 1 atom stereocenters. The number of Topliss-reactive ketones (excluding diaryl/α,β-unsaturated/α-hetero) is 1. The molecule has 1 aromatic rings. The van der Waals surface area contributed by atoms with Crippen LogP contribution in [-0.4, -0.2) is 42.9 Å². The zero-order valence-corrected chi connectivity index (χ0v) is 11.8. The number of rotatable bonds is 3. The van der Waals surface area contributed by atoms with Crippen molar-refractivity contribution in [1.82, 2.24) is 4.90 Å². The Morgan fingerprint density at radius 2 is 2.00 bits per heavy atom. The quantitative estimate of drug-likeness (QED) is 0.621. The molecule has 112 valence electrons. The van der Waals surface area contributed by atoms with Gasteiger partial charge in [-0.1, -0.05) is 30.3 Å². The van der Waals surface area contributed by atoms with Crippen molar-refractivity contribution < 1.29 is 23.9 Å². The summed E-state index contributed by atoms with van der Waals surface area (Å²) < 4.78 is 9.77. The minimum atomic E-state index is -0.909. The third-order valence-corrected chi connectivity index (χ3v) is 3.37. The fourth-order valence-corrected chi connectivity index (χ4v) is 2.16. The Bertz CT molecular complexity index is 520. The highest BCUT2D eigenvalue weighted by atomic mass is 16.6. The van der Waals surface area contributed by atoms with Gasteiger partial charge in [-0.05, 0) is 5.56 Å². The number of methoxy groups -OCH3 is 1. The third-order valence-electron chi connectivity index (χ3n) is 3.37. The Morgan fingerprint density at radius 3 is 2.67 bits per heavy atom. The summed E-state index contributed by atoms with van der Waals surface area (Å²) in [6.07, 6.45) is -0.388. The summed E-state index contributed by atoms with van der Waals surface area (Å²) in [5.41, 5.74) is 0.878. The van der Waals surface area contributed by atoms with E-state index in [0.717, 1.165) is 5.56 Å². The highest BCUT2D eigenvalue weighted by Gasteiger charge is 2.36. The molecule has 1 heterocycles. The van der Waals surface area contributed by atoms with Crippen molar-refractivity contribution in [2.24, 2.45) is 5.92 Å². The fourth-order valence-electron chi connectivity index (χ4n) is 2.16. The first-order valence-corrected chi connectivity index (χ1v) is 6.68. The van der Waals surface area contributed by atoms with Gasteiger partial charge in [-0.2, -0.15) is 0 Å². The topological polar surface area (TPSA) is 72.9 Å². The van der Waals surface area contributed by atoms with Crippen LogP contribution in [0.5, 0.6) is 0 Å². The van der Waals surface area contributed by atoms with Crippen LogP contribution in [-0.2, 0) is 25.7 Å². The molecule has 6 heteroatoms. The minimum Gasteiger partial charge on any atom is -0.468 e. The molecule has 0 unspecified atom stereocenters. The molecular weight excluding hydrogens is 274 g/mol. The largest absolute Gasteiger partial charge is 0.468 e. The zero-order chi connectivity index (χ0) is 15.2. The van der Waals surface area contributed by atoms with Gasteiger partial charge >= 0.3 is 12.1 Å². The van der Waals surface area contributed by atoms with Crippen molar-refractivity contribution in [1.29, 1.82) is 0 Å². The number of hydrogen-bond donors (Lipinski definition) is 0. The first-order chi connectivity index (χ1) is 10.1. The Labute approximate surface area is 122 Å². The van der Waals surface area contributed by atoms with Crippen molar-refractivity contribution in [2.75, 3.05) is 20.2 Å². The van der Waals surface area contributed by atoms with E-state index < -0.39 is 18.0 Å². The normalized spacial score (nSPS) is 18.2.